The number of aromatic nitrogens is 3. The Labute approximate surface area is 114 Å². The Morgan fingerprint density at radius 1 is 1.21 bits per heavy atom. The normalized spacial score (nSPS) is 10.7. The summed E-state index contributed by atoms with van der Waals surface area (Å²) in [5, 5.41) is 4.85. The molecule has 0 spiro atoms. The number of para-hydroxylation sites is 1. The Morgan fingerprint density at radius 3 is 2.79 bits per heavy atom. The van der Waals surface area contributed by atoms with Crippen LogP contribution < -0.4 is 5.56 Å². The van der Waals surface area contributed by atoms with Gasteiger partial charge in [-0.05, 0) is 25.0 Å². The van der Waals surface area contributed by atoms with E-state index in [1.54, 1.807) is 16.0 Å². The molecule has 0 saturated heterocycles. The largest absolute Gasteiger partial charge is 0.268 e. The summed E-state index contributed by atoms with van der Waals surface area (Å²) in [4.78, 5) is 16.1. The van der Waals surface area contributed by atoms with Crippen LogP contribution in [0.4, 0.5) is 0 Å². The first kappa shape index (κ1) is 11.9. The minimum Gasteiger partial charge on any atom is -0.268 e. The summed E-state index contributed by atoms with van der Waals surface area (Å²) in [6.07, 6.45) is 3.37. The van der Waals surface area contributed by atoms with E-state index >= 15 is 0 Å². The maximum Gasteiger partial charge on any atom is 0.267 e. The fraction of sp³-hybridized carbons (Fsp3) is 0.143. The molecule has 0 aliphatic heterocycles. The summed E-state index contributed by atoms with van der Waals surface area (Å²) < 4.78 is 1.76. The zero-order valence-corrected chi connectivity index (χ0v) is 11.1. The molecule has 1 N–H and O–H groups in total. The molecule has 0 amide bonds. The highest BCUT2D eigenvalue weighted by molar-refractivity contribution is 7.07. The van der Waals surface area contributed by atoms with Crippen LogP contribution in [0.5, 0.6) is 0 Å². The molecule has 19 heavy (non-hydrogen) atoms. The number of nitrogens with one attached hydrogen (secondary N) is 1. The molecule has 0 bridgehead atoms. The van der Waals surface area contributed by atoms with Crippen LogP contribution in [0.3, 0.4) is 0 Å². The van der Waals surface area contributed by atoms with Crippen molar-refractivity contribution in [2.45, 2.75) is 12.8 Å². The molecular formula is C14H13N3OS. The van der Waals surface area contributed by atoms with E-state index in [0.29, 0.717) is 6.42 Å². The van der Waals surface area contributed by atoms with Crippen molar-refractivity contribution in [3.63, 3.8) is 0 Å². The molecule has 0 saturated carbocycles. The van der Waals surface area contributed by atoms with Crippen LogP contribution in [0.1, 0.15) is 11.3 Å². The molecule has 1 aromatic carbocycles. The highest BCUT2D eigenvalue weighted by Gasteiger charge is 2.06. The van der Waals surface area contributed by atoms with Gasteiger partial charge in [-0.25, -0.2) is 4.98 Å². The maximum absolute atomic E-state index is 11.9. The monoisotopic (exact) mass is 271 g/mol. The molecule has 5 heteroatoms. The van der Waals surface area contributed by atoms with Crippen molar-refractivity contribution in [2.75, 3.05) is 0 Å². The first-order valence-corrected chi connectivity index (χ1v) is 7.00. The molecule has 4 nitrogen and oxygen atoms in total. The minimum atomic E-state index is -0.0286. The first-order chi connectivity index (χ1) is 9.33. The molecule has 0 atom stereocenters. The summed E-state index contributed by atoms with van der Waals surface area (Å²) in [6, 6.07) is 9.76. The molecule has 0 aliphatic rings. The van der Waals surface area contributed by atoms with Crippen molar-refractivity contribution < 1.29 is 0 Å². The van der Waals surface area contributed by atoms with Gasteiger partial charge >= 0.3 is 0 Å². The van der Waals surface area contributed by atoms with Gasteiger partial charge in [-0.15, -0.1) is 11.3 Å². The lowest BCUT2D eigenvalue weighted by molar-refractivity contribution is 0.864. The predicted molar refractivity (Wildman–Crippen MR) is 75.9 cm³/mol. The molecular weight excluding hydrogens is 258 g/mol. The summed E-state index contributed by atoms with van der Waals surface area (Å²) in [5.41, 5.74) is 4.57. The van der Waals surface area contributed by atoms with Gasteiger partial charge < -0.3 is 0 Å². The third kappa shape index (κ3) is 2.66. The Bertz CT molecular complexity index is 698. The maximum atomic E-state index is 11.9. The first-order valence-electron chi connectivity index (χ1n) is 6.06. The van der Waals surface area contributed by atoms with E-state index in [2.05, 4.69) is 10.1 Å². The smallest absolute Gasteiger partial charge is 0.267 e. The number of aryl methyl sites for hydroxylation is 2. The fourth-order valence-corrected chi connectivity index (χ4v) is 2.55. The van der Waals surface area contributed by atoms with E-state index in [9.17, 15) is 4.79 Å². The summed E-state index contributed by atoms with van der Waals surface area (Å²) in [6.45, 7) is 0. The standard InChI is InChI=1S/C14H13N3OS/c18-14-11(6-7-12-9-19-10-15-12)8-17(16-14)13-4-2-1-3-5-13/h1-5,8-10H,6-7H2,(H,16,18). The summed E-state index contributed by atoms with van der Waals surface area (Å²) >= 11 is 1.58. The number of hydrogen-bond donors (Lipinski definition) is 1. The Hall–Kier alpha value is -2.14. The molecule has 2 heterocycles. The SMILES string of the molecule is O=c1[nH]n(-c2ccccc2)cc1CCc1cscn1. The summed E-state index contributed by atoms with van der Waals surface area (Å²) in [5.74, 6) is 0. The van der Waals surface area contributed by atoms with E-state index in [-0.39, 0.29) is 5.56 Å². The van der Waals surface area contributed by atoms with Crippen LogP contribution in [0.25, 0.3) is 5.69 Å². The second-order valence-corrected chi connectivity index (χ2v) is 5.00. The van der Waals surface area contributed by atoms with Gasteiger partial charge in [-0.1, -0.05) is 18.2 Å². The van der Waals surface area contributed by atoms with Gasteiger partial charge in [-0.2, -0.15) is 0 Å². The molecule has 0 aliphatic carbocycles. The Morgan fingerprint density at radius 2 is 2.05 bits per heavy atom. The number of benzene rings is 1. The van der Waals surface area contributed by atoms with Crippen molar-refractivity contribution in [2.24, 2.45) is 0 Å². The lowest BCUT2D eigenvalue weighted by Gasteiger charge is -2.00. The lowest BCUT2D eigenvalue weighted by Crippen LogP contribution is -2.08. The van der Waals surface area contributed by atoms with Crippen LogP contribution >= 0.6 is 11.3 Å². The molecule has 0 unspecified atom stereocenters. The van der Waals surface area contributed by atoms with E-state index < -0.39 is 0 Å². The topological polar surface area (TPSA) is 50.7 Å². The van der Waals surface area contributed by atoms with Gasteiger partial charge in [0.05, 0.1) is 16.9 Å². The van der Waals surface area contributed by atoms with Crippen LogP contribution in [0, 0.1) is 0 Å². The number of hydrogen-bond acceptors (Lipinski definition) is 3. The zero-order chi connectivity index (χ0) is 13.1. The molecule has 96 valence electrons. The van der Waals surface area contributed by atoms with Crippen LogP contribution in [-0.2, 0) is 12.8 Å². The third-order valence-corrected chi connectivity index (χ3v) is 3.60. The number of nitrogens with zero attached hydrogens (tertiary/aromatic N) is 2. The van der Waals surface area contributed by atoms with Gasteiger partial charge in [-0.3, -0.25) is 14.6 Å². The summed E-state index contributed by atoms with van der Waals surface area (Å²) in [7, 11) is 0. The third-order valence-electron chi connectivity index (χ3n) is 2.97. The average Bonchev–Trinajstić information content (AvgIpc) is 3.07. The van der Waals surface area contributed by atoms with Gasteiger partial charge in [0.25, 0.3) is 5.56 Å². The van der Waals surface area contributed by atoms with Crippen molar-refractivity contribution in [1.82, 2.24) is 14.8 Å². The van der Waals surface area contributed by atoms with Gasteiger partial charge in [0.15, 0.2) is 0 Å². The number of aromatic amines is 1. The van der Waals surface area contributed by atoms with E-state index in [0.717, 1.165) is 23.4 Å². The number of thiazole rings is 1. The van der Waals surface area contributed by atoms with Crippen molar-refractivity contribution in [3.05, 3.63) is 69.0 Å². The van der Waals surface area contributed by atoms with E-state index in [1.165, 1.54) is 0 Å². The fourth-order valence-electron chi connectivity index (χ4n) is 1.96. The highest BCUT2D eigenvalue weighted by Crippen LogP contribution is 2.08. The van der Waals surface area contributed by atoms with Gasteiger partial charge in [0, 0.05) is 17.1 Å². The van der Waals surface area contributed by atoms with Crippen LogP contribution in [-0.4, -0.2) is 14.8 Å². The zero-order valence-electron chi connectivity index (χ0n) is 10.2. The predicted octanol–water partition coefficient (Wildman–Crippen LogP) is 2.41. The second kappa shape index (κ2) is 5.24. The molecule has 2 aromatic heterocycles. The Kier molecular flexibility index (Phi) is 3.29. The van der Waals surface area contributed by atoms with Gasteiger partial charge in [0.1, 0.15) is 0 Å². The number of H-pyrrole nitrogens is 1. The van der Waals surface area contributed by atoms with Crippen molar-refractivity contribution >= 4 is 11.3 Å². The molecule has 3 rings (SSSR count). The van der Waals surface area contributed by atoms with Crippen LogP contribution in [0.2, 0.25) is 0 Å². The quantitative estimate of drug-likeness (QED) is 0.792. The second-order valence-electron chi connectivity index (χ2n) is 4.28. The average molecular weight is 271 g/mol. The molecule has 0 fully saturated rings. The van der Waals surface area contributed by atoms with Crippen molar-refractivity contribution in [1.29, 1.82) is 0 Å². The van der Waals surface area contributed by atoms with Crippen molar-refractivity contribution in [3.8, 4) is 5.69 Å². The minimum absolute atomic E-state index is 0.0286. The van der Waals surface area contributed by atoms with Crippen LogP contribution in [0.15, 0.2) is 52.2 Å². The van der Waals surface area contributed by atoms with E-state index in [1.807, 2.05) is 47.4 Å². The molecule has 0 radical (unpaired) electrons. The number of rotatable bonds is 4. The molecule has 3 aromatic rings. The Balaban J connectivity index is 1.80. The van der Waals surface area contributed by atoms with E-state index in [4.69, 9.17) is 0 Å². The van der Waals surface area contributed by atoms with Gasteiger partial charge in [0.2, 0.25) is 0 Å². The highest BCUT2D eigenvalue weighted by atomic mass is 32.1. The lowest BCUT2D eigenvalue weighted by atomic mass is 10.2.